The van der Waals surface area contributed by atoms with Crippen LogP contribution in [0.4, 0.5) is 11.5 Å². The molecule has 7 heteroatoms. The summed E-state index contributed by atoms with van der Waals surface area (Å²) in [5.41, 5.74) is 11.1. The number of pyridine rings is 2. The number of allylic oxidation sites excluding steroid dienone is 1. The molecule has 1 aliphatic rings. The van der Waals surface area contributed by atoms with Crippen LogP contribution < -0.4 is 16.4 Å². The fourth-order valence-corrected chi connectivity index (χ4v) is 4.22. The molecule has 0 aliphatic heterocycles. The molecule has 0 radical (unpaired) electrons. The number of nitrogen functional groups attached to an aromatic ring is 1. The molecule has 32 heavy (non-hydrogen) atoms. The van der Waals surface area contributed by atoms with Gasteiger partial charge in [-0.15, -0.1) is 0 Å². The lowest BCUT2D eigenvalue weighted by molar-refractivity contribution is -0.125. The van der Waals surface area contributed by atoms with Gasteiger partial charge in [-0.05, 0) is 73.4 Å². The van der Waals surface area contributed by atoms with E-state index in [1.54, 1.807) is 25.5 Å². The van der Waals surface area contributed by atoms with Crippen LogP contribution in [-0.4, -0.2) is 28.8 Å². The lowest BCUT2D eigenvalue weighted by Crippen LogP contribution is -2.29. The molecule has 4 N–H and O–H groups in total. The Balaban J connectivity index is 1.52. The van der Waals surface area contributed by atoms with Gasteiger partial charge >= 0.3 is 0 Å². The van der Waals surface area contributed by atoms with E-state index in [2.05, 4.69) is 20.6 Å². The average Bonchev–Trinajstić information content (AvgIpc) is 2.79. The van der Waals surface area contributed by atoms with Crippen molar-refractivity contribution in [1.29, 1.82) is 0 Å². The standard InChI is InChI=1S/C25H27N5O2/c1-15-7-8-28-13-20(15)18-10-19-12-23(29-14-21(19)22(26)11-18)30-24(31)9-16-3-5-17(6-4-16)25(32)27-2/h7-14,17H,3-6,26H2,1-2H3,(H,27,32)(H,29,30,31). The number of rotatable bonds is 4. The van der Waals surface area contributed by atoms with Crippen LogP contribution in [0.25, 0.3) is 21.9 Å². The SMILES string of the molecule is CNC(=O)C1CCC(=CC(=O)Nc2cc3cc(-c4cnccc4C)cc(N)c3cn2)CC1. The molecule has 0 spiro atoms. The molecule has 1 fully saturated rings. The van der Waals surface area contributed by atoms with Crippen LogP contribution in [0.15, 0.2) is 54.5 Å². The van der Waals surface area contributed by atoms with Gasteiger partial charge in [0.25, 0.3) is 0 Å². The molecular formula is C25H27N5O2. The normalized spacial score (nSPS) is 15.9. The summed E-state index contributed by atoms with van der Waals surface area (Å²) in [6.07, 6.45) is 9.94. The van der Waals surface area contributed by atoms with E-state index in [1.165, 1.54) is 0 Å². The largest absolute Gasteiger partial charge is 0.398 e. The summed E-state index contributed by atoms with van der Waals surface area (Å²) in [5, 5.41) is 7.29. The Morgan fingerprint density at radius 1 is 1.16 bits per heavy atom. The Kier molecular flexibility index (Phi) is 6.16. The Morgan fingerprint density at radius 3 is 2.66 bits per heavy atom. The smallest absolute Gasteiger partial charge is 0.249 e. The first-order chi connectivity index (χ1) is 15.4. The van der Waals surface area contributed by atoms with Crippen molar-refractivity contribution < 1.29 is 9.59 Å². The van der Waals surface area contributed by atoms with Crippen molar-refractivity contribution in [2.24, 2.45) is 5.92 Å². The van der Waals surface area contributed by atoms with Gasteiger partial charge in [0.1, 0.15) is 5.82 Å². The number of carbonyl (C=O) groups is 2. The van der Waals surface area contributed by atoms with Crippen molar-refractivity contribution in [3.8, 4) is 11.1 Å². The fourth-order valence-electron chi connectivity index (χ4n) is 4.22. The second-order valence-electron chi connectivity index (χ2n) is 8.23. The minimum absolute atomic E-state index is 0.0328. The number of carbonyl (C=O) groups excluding carboxylic acids is 2. The summed E-state index contributed by atoms with van der Waals surface area (Å²) >= 11 is 0. The molecule has 1 aromatic carbocycles. The van der Waals surface area contributed by atoms with Gasteiger partial charge in [-0.3, -0.25) is 14.6 Å². The summed E-state index contributed by atoms with van der Waals surface area (Å²) < 4.78 is 0. The molecule has 3 aromatic rings. The first-order valence-electron chi connectivity index (χ1n) is 10.8. The Bertz CT molecular complexity index is 1210. The highest BCUT2D eigenvalue weighted by atomic mass is 16.2. The molecule has 2 heterocycles. The predicted octanol–water partition coefficient (Wildman–Crippen LogP) is 3.99. The number of hydrogen-bond donors (Lipinski definition) is 3. The number of nitrogens with one attached hydrogen (secondary N) is 2. The summed E-state index contributed by atoms with van der Waals surface area (Å²) in [6, 6.07) is 7.75. The molecule has 0 unspecified atom stereocenters. The molecule has 0 bridgehead atoms. The quantitative estimate of drug-likeness (QED) is 0.429. The number of amides is 2. The number of nitrogens with two attached hydrogens (primary N) is 1. The average molecular weight is 430 g/mol. The molecule has 0 saturated heterocycles. The summed E-state index contributed by atoms with van der Waals surface area (Å²) in [5.74, 6) is 0.370. The molecular weight excluding hydrogens is 402 g/mol. The third-order valence-corrected chi connectivity index (χ3v) is 6.05. The van der Waals surface area contributed by atoms with Crippen LogP contribution in [0.3, 0.4) is 0 Å². The van der Waals surface area contributed by atoms with Gasteiger partial charge in [-0.2, -0.15) is 0 Å². The van der Waals surface area contributed by atoms with Gasteiger partial charge in [0, 0.05) is 54.3 Å². The van der Waals surface area contributed by atoms with Crippen LogP contribution in [0.2, 0.25) is 0 Å². The first-order valence-corrected chi connectivity index (χ1v) is 10.8. The molecule has 4 rings (SSSR count). The zero-order chi connectivity index (χ0) is 22.7. The highest BCUT2D eigenvalue weighted by Gasteiger charge is 2.22. The topological polar surface area (TPSA) is 110 Å². The summed E-state index contributed by atoms with van der Waals surface area (Å²) in [7, 11) is 1.66. The second-order valence-corrected chi connectivity index (χ2v) is 8.23. The Hall–Kier alpha value is -3.74. The number of anilines is 2. The molecule has 1 aliphatic carbocycles. The third kappa shape index (κ3) is 4.61. The summed E-state index contributed by atoms with van der Waals surface area (Å²) in [6.45, 7) is 2.03. The van der Waals surface area contributed by atoms with Crippen molar-refractivity contribution in [2.45, 2.75) is 32.6 Å². The molecule has 1 saturated carbocycles. The first kappa shape index (κ1) is 21.5. The highest BCUT2D eigenvalue weighted by Crippen LogP contribution is 2.32. The van der Waals surface area contributed by atoms with E-state index in [9.17, 15) is 9.59 Å². The second kappa shape index (κ2) is 9.18. The van der Waals surface area contributed by atoms with Gasteiger partial charge in [-0.1, -0.05) is 5.57 Å². The maximum atomic E-state index is 12.5. The zero-order valence-electron chi connectivity index (χ0n) is 18.3. The zero-order valence-corrected chi connectivity index (χ0v) is 18.3. The lowest BCUT2D eigenvalue weighted by Gasteiger charge is -2.22. The highest BCUT2D eigenvalue weighted by molar-refractivity contribution is 6.02. The lowest BCUT2D eigenvalue weighted by atomic mass is 9.85. The van der Waals surface area contributed by atoms with E-state index >= 15 is 0 Å². The van der Waals surface area contributed by atoms with E-state index in [4.69, 9.17) is 5.73 Å². The number of aromatic nitrogens is 2. The van der Waals surface area contributed by atoms with E-state index in [1.807, 2.05) is 37.4 Å². The van der Waals surface area contributed by atoms with Crippen LogP contribution in [0.1, 0.15) is 31.2 Å². The minimum Gasteiger partial charge on any atom is -0.398 e. The fraction of sp³-hybridized carbons (Fsp3) is 0.280. The maximum absolute atomic E-state index is 12.5. The number of nitrogens with zero attached hydrogens (tertiary/aromatic N) is 2. The third-order valence-electron chi connectivity index (χ3n) is 6.05. The van der Waals surface area contributed by atoms with Gasteiger partial charge < -0.3 is 16.4 Å². The van der Waals surface area contributed by atoms with Crippen LogP contribution in [-0.2, 0) is 9.59 Å². The maximum Gasteiger partial charge on any atom is 0.249 e. The van der Waals surface area contributed by atoms with Gasteiger partial charge in [0.05, 0.1) is 0 Å². The monoisotopic (exact) mass is 429 g/mol. The van der Waals surface area contributed by atoms with Crippen LogP contribution in [0, 0.1) is 12.8 Å². The van der Waals surface area contributed by atoms with Gasteiger partial charge in [0.2, 0.25) is 11.8 Å². The van der Waals surface area contributed by atoms with E-state index in [-0.39, 0.29) is 17.7 Å². The van der Waals surface area contributed by atoms with E-state index in [0.717, 1.165) is 58.7 Å². The predicted molar refractivity (Wildman–Crippen MR) is 127 cm³/mol. The van der Waals surface area contributed by atoms with E-state index < -0.39 is 0 Å². The Morgan fingerprint density at radius 2 is 1.94 bits per heavy atom. The minimum atomic E-state index is -0.211. The number of hydrogen-bond acceptors (Lipinski definition) is 5. The van der Waals surface area contributed by atoms with Crippen LogP contribution >= 0.6 is 0 Å². The van der Waals surface area contributed by atoms with Crippen molar-refractivity contribution in [3.63, 3.8) is 0 Å². The molecule has 0 atom stereocenters. The molecule has 7 nitrogen and oxygen atoms in total. The van der Waals surface area contributed by atoms with Gasteiger partial charge in [0.15, 0.2) is 0 Å². The molecule has 164 valence electrons. The Labute approximate surface area is 187 Å². The van der Waals surface area contributed by atoms with Crippen molar-refractivity contribution >= 4 is 34.1 Å². The summed E-state index contributed by atoms with van der Waals surface area (Å²) in [4.78, 5) is 32.9. The van der Waals surface area contributed by atoms with E-state index in [0.29, 0.717) is 11.5 Å². The van der Waals surface area contributed by atoms with Crippen molar-refractivity contribution in [2.75, 3.05) is 18.1 Å². The van der Waals surface area contributed by atoms with Gasteiger partial charge in [-0.25, -0.2) is 4.98 Å². The molecule has 2 amide bonds. The van der Waals surface area contributed by atoms with Crippen molar-refractivity contribution in [3.05, 3.63) is 60.1 Å². The molecule has 2 aromatic heterocycles. The number of fused-ring (bicyclic) bond motifs is 1. The number of aryl methyl sites for hydroxylation is 1. The van der Waals surface area contributed by atoms with Crippen molar-refractivity contribution in [1.82, 2.24) is 15.3 Å². The number of benzene rings is 1. The van der Waals surface area contributed by atoms with Crippen LogP contribution in [0.5, 0.6) is 0 Å².